The molecule has 0 saturated heterocycles. The average molecular weight is 730 g/mol. The maximum absolute atomic E-state index is 12.6. The molecule has 50 heavy (non-hydrogen) atoms. The molecule has 0 N–H and O–H groups in total. The van der Waals surface area contributed by atoms with E-state index >= 15 is 0 Å². The summed E-state index contributed by atoms with van der Waals surface area (Å²) in [6.45, 7) is 4.17. The third-order valence-electron chi connectivity index (χ3n) is 8.47. The Labute approximate surface area is 307 Å². The van der Waals surface area contributed by atoms with Gasteiger partial charge >= 0.3 is 11.9 Å². The van der Waals surface area contributed by atoms with E-state index in [1.807, 2.05) is 21.1 Å². The number of allylic oxidation sites excluding steroid dienone is 4. The largest absolute Gasteiger partial charge is 0.756 e. The highest BCUT2D eigenvalue weighted by molar-refractivity contribution is 7.45. The molecular weight excluding hydrogens is 653 g/mol. The van der Waals surface area contributed by atoms with Gasteiger partial charge in [-0.2, -0.15) is 0 Å². The number of nitrogens with zero attached hydrogens (tertiary/aromatic N) is 1. The molecular formula is C40H76NO8P. The Kier molecular flexibility index (Phi) is 32.3. The van der Waals surface area contributed by atoms with E-state index in [9.17, 15) is 19.0 Å². The molecule has 294 valence electrons. The summed E-state index contributed by atoms with van der Waals surface area (Å²) in [6, 6.07) is 0. The third kappa shape index (κ3) is 36.3. The lowest BCUT2D eigenvalue weighted by atomic mass is 10.1. The fourth-order valence-corrected chi connectivity index (χ4v) is 6.00. The van der Waals surface area contributed by atoms with Gasteiger partial charge in [0.05, 0.1) is 27.7 Å². The van der Waals surface area contributed by atoms with Gasteiger partial charge in [0.25, 0.3) is 7.82 Å². The molecule has 0 aromatic heterocycles. The summed E-state index contributed by atoms with van der Waals surface area (Å²) in [5.41, 5.74) is 0. The van der Waals surface area contributed by atoms with Gasteiger partial charge in [-0.3, -0.25) is 14.2 Å². The number of esters is 2. The van der Waals surface area contributed by atoms with Gasteiger partial charge in [0, 0.05) is 12.8 Å². The molecule has 0 spiro atoms. The van der Waals surface area contributed by atoms with Crippen molar-refractivity contribution < 1.29 is 42.1 Å². The summed E-state index contributed by atoms with van der Waals surface area (Å²) < 4.78 is 33.8. The summed E-state index contributed by atoms with van der Waals surface area (Å²) >= 11 is 0. The highest BCUT2D eigenvalue weighted by Crippen LogP contribution is 2.38. The van der Waals surface area contributed by atoms with Crippen molar-refractivity contribution in [3.8, 4) is 0 Å². The van der Waals surface area contributed by atoms with E-state index in [-0.39, 0.29) is 32.0 Å². The van der Waals surface area contributed by atoms with Crippen molar-refractivity contribution in [2.24, 2.45) is 0 Å². The molecule has 0 aromatic rings. The standard InChI is InChI=1S/C40H76NO8P/c1-6-8-10-12-14-16-18-19-20-21-23-25-27-29-31-33-40(43)49-38(37-48-50(44,45)47-35-34-41(3,4)5)36-46-39(42)32-30-28-26-24-22-17-15-13-11-9-7-2/h14,16,19-20,38H,6-13,15,17-18,21-37H2,1-5H3/b16-14+,20-19+/t38-/m1/s1. The summed E-state index contributed by atoms with van der Waals surface area (Å²) in [4.78, 5) is 37.3. The number of carbonyl (C=O) groups is 2. The number of ether oxygens (including phenoxy) is 2. The molecule has 10 heteroatoms. The van der Waals surface area contributed by atoms with Crippen molar-refractivity contribution in [3.05, 3.63) is 24.3 Å². The Morgan fingerprint density at radius 3 is 1.62 bits per heavy atom. The quantitative estimate of drug-likeness (QED) is 0.0206. The van der Waals surface area contributed by atoms with Crippen molar-refractivity contribution in [2.45, 2.75) is 174 Å². The Bertz CT molecular complexity index is 918. The smallest absolute Gasteiger partial charge is 0.306 e. The zero-order valence-electron chi connectivity index (χ0n) is 32.8. The first-order valence-electron chi connectivity index (χ1n) is 20.0. The van der Waals surface area contributed by atoms with Gasteiger partial charge in [-0.25, -0.2) is 0 Å². The van der Waals surface area contributed by atoms with Gasteiger partial charge in [0.15, 0.2) is 6.10 Å². The number of rotatable bonds is 36. The molecule has 1 unspecified atom stereocenters. The zero-order valence-corrected chi connectivity index (χ0v) is 33.7. The van der Waals surface area contributed by atoms with E-state index in [2.05, 4.69) is 38.2 Å². The minimum absolute atomic E-state index is 0.0322. The van der Waals surface area contributed by atoms with Crippen LogP contribution < -0.4 is 4.89 Å². The summed E-state index contributed by atoms with van der Waals surface area (Å²) in [5, 5.41) is 0. The van der Waals surface area contributed by atoms with Crippen LogP contribution in [0.25, 0.3) is 0 Å². The van der Waals surface area contributed by atoms with Crippen LogP contribution in [0.1, 0.15) is 168 Å². The fraction of sp³-hybridized carbons (Fsp3) is 0.850. The van der Waals surface area contributed by atoms with Crippen LogP contribution in [0.15, 0.2) is 24.3 Å². The molecule has 0 saturated carbocycles. The van der Waals surface area contributed by atoms with Crippen LogP contribution in [0.4, 0.5) is 0 Å². The van der Waals surface area contributed by atoms with E-state index in [1.54, 1.807) is 0 Å². The molecule has 0 rings (SSSR count). The predicted molar refractivity (Wildman–Crippen MR) is 204 cm³/mol. The van der Waals surface area contributed by atoms with Crippen LogP contribution in [0.3, 0.4) is 0 Å². The highest BCUT2D eigenvalue weighted by atomic mass is 31.2. The normalized spacial score (nSPS) is 14.0. The fourth-order valence-electron chi connectivity index (χ4n) is 5.27. The molecule has 9 nitrogen and oxygen atoms in total. The van der Waals surface area contributed by atoms with E-state index in [0.29, 0.717) is 17.4 Å². The highest BCUT2D eigenvalue weighted by Gasteiger charge is 2.21. The van der Waals surface area contributed by atoms with Crippen LogP contribution in [-0.2, 0) is 32.7 Å². The minimum Gasteiger partial charge on any atom is -0.756 e. The van der Waals surface area contributed by atoms with E-state index in [0.717, 1.165) is 57.8 Å². The van der Waals surface area contributed by atoms with Gasteiger partial charge in [0.2, 0.25) is 0 Å². The molecule has 0 fully saturated rings. The molecule has 0 aliphatic heterocycles. The Morgan fingerprint density at radius 2 is 1.08 bits per heavy atom. The lowest BCUT2D eigenvalue weighted by molar-refractivity contribution is -0.870. The van der Waals surface area contributed by atoms with Crippen molar-refractivity contribution in [1.29, 1.82) is 0 Å². The number of hydrogen-bond donors (Lipinski definition) is 0. The van der Waals surface area contributed by atoms with Crippen molar-refractivity contribution >= 4 is 19.8 Å². The number of unbranched alkanes of at least 4 members (excludes halogenated alkanes) is 18. The van der Waals surface area contributed by atoms with Crippen LogP contribution in [-0.4, -0.2) is 70.0 Å². The molecule has 0 amide bonds. The number of phosphoric acid groups is 1. The van der Waals surface area contributed by atoms with Crippen molar-refractivity contribution in [1.82, 2.24) is 0 Å². The second kappa shape index (κ2) is 33.3. The van der Waals surface area contributed by atoms with E-state index in [4.69, 9.17) is 18.5 Å². The summed E-state index contributed by atoms with van der Waals surface area (Å²) in [5.74, 6) is -0.849. The van der Waals surface area contributed by atoms with Crippen LogP contribution >= 0.6 is 7.82 Å². The van der Waals surface area contributed by atoms with Crippen molar-refractivity contribution in [3.63, 3.8) is 0 Å². The number of phosphoric ester groups is 1. The molecule has 2 atom stereocenters. The Morgan fingerprint density at radius 1 is 0.620 bits per heavy atom. The van der Waals surface area contributed by atoms with E-state index < -0.39 is 26.5 Å². The lowest BCUT2D eigenvalue weighted by Crippen LogP contribution is -2.37. The van der Waals surface area contributed by atoms with Crippen LogP contribution in [0.2, 0.25) is 0 Å². The first-order chi connectivity index (χ1) is 24.0. The second-order valence-electron chi connectivity index (χ2n) is 14.7. The second-order valence-corrected chi connectivity index (χ2v) is 16.1. The molecule has 0 bridgehead atoms. The monoisotopic (exact) mass is 730 g/mol. The van der Waals surface area contributed by atoms with Crippen LogP contribution in [0, 0.1) is 0 Å². The number of likely N-dealkylation sites (N-methyl/N-ethyl adjacent to an activating group) is 1. The van der Waals surface area contributed by atoms with Gasteiger partial charge in [-0.05, 0) is 44.9 Å². The Hall–Kier alpha value is -1.51. The van der Waals surface area contributed by atoms with Gasteiger partial charge in [-0.1, -0.05) is 134 Å². The first kappa shape index (κ1) is 48.5. The first-order valence-corrected chi connectivity index (χ1v) is 21.5. The van der Waals surface area contributed by atoms with Crippen molar-refractivity contribution in [2.75, 3.05) is 47.5 Å². The molecule has 0 aliphatic carbocycles. The average Bonchev–Trinajstić information content (AvgIpc) is 3.06. The van der Waals surface area contributed by atoms with Gasteiger partial charge < -0.3 is 27.9 Å². The predicted octanol–water partition coefficient (Wildman–Crippen LogP) is 10.2. The number of hydrogen-bond acceptors (Lipinski definition) is 8. The molecule has 0 aliphatic rings. The van der Waals surface area contributed by atoms with Crippen LogP contribution in [0.5, 0.6) is 0 Å². The number of quaternary nitrogens is 1. The topological polar surface area (TPSA) is 111 Å². The molecule has 0 heterocycles. The summed E-state index contributed by atoms with van der Waals surface area (Å²) in [7, 11) is 1.16. The van der Waals surface area contributed by atoms with Gasteiger partial charge in [0.1, 0.15) is 19.8 Å². The SMILES string of the molecule is CCCCC/C=C/C/C=C/CCCCCCCC(=O)O[C@H](COC(=O)CCCCCCCCCCCCC)COP(=O)([O-])OCC[N+](C)(C)C. The zero-order chi connectivity index (χ0) is 37.2. The molecule has 0 radical (unpaired) electrons. The lowest BCUT2D eigenvalue weighted by Gasteiger charge is -2.28. The molecule has 0 aromatic carbocycles. The summed E-state index contributed by atoms with van der Waals surface area (Å²) in [6.07, 6.45) is 33.4. The minimum atomic E-state index is -4.62. The van der Waals surface area contributed by atoms with Gasteiger partial charge in [-0.15, -0.1) is 0 Å². The van der Waals surface area contributed by atoms with E-state index in [1.165, 1.54) is 77.0 Å². The Balaban J connectivity index is 4.44. The third-order valence-corrected chi connectivity index (χ3v) is 9.44. The number of carbonyl (C=O) groups excluding carboxylic acids is 2. The maximum Gasteiger partial charge on any atom is 0.306 e. The maximum atomic E-state index is 12.6.